The van der Waals surface area contributed by atoms with Gasteiger partial charge in [0.25, 0.3) is 0 Å². The standard InChI is InChI=1S/C54H92O25/c1-23(20-71-46-41(67)37(63)33(59)26(16-55)74-46)25-8-13-54(22-72-25)15-14-52(4)24(45(54)70)6-7-31-50(2)11-10-32(51(3,30(50)9-12-53(31,52)5)21-73-47-42(68)38(64)34(60)27(17-56)75-47)78-49-44(40(66)36(62)29(19-58)77-49)79-48-43(69)39(65)35(61)28(18-57)76-48/h23-49,55-70H,6-22H2,1-5H3. The van der Waals surface area contributed by atoms with Gasteiger partial charge in [-0.1, -0.05) is 34.6 Å². The molecule has 4 saturated carbocycles. The molecule has 32 atom stereocenters. The quantitative estimate of drug-likeness (QED) is 0.0692. The Morgan fingerprint density at radius 2 is 0.987 bits per heavy atom. The number of hydrogen-bond acceptors (Lipinski definition) is 25. The minimum absolute atomic E-state index is 0.0550. The molecule has 9 rings (SSSR count). The molecule has 25 nitrogen and oxygen atoms in total. The molecule has 9 aliphatic rings. The molecule has 32 unspecified atom stereocenters. The molecule has 79 heavy (non-hydrogen) atoms. The highest BCUT2D eigenvalue weighted by molar-refractivity contribution is 5.19. The third kappa shape index (κ3) is 10.7. The van der Waals surface area contributed by atoms with Crippen molar-refractivity contribution >= 4 is 0 Å². The fourth-order valence-corrected chi connectivity index (χ4v) is 16.8. The van der Waals surface area contributed by atoms with Crippen LogP contribution < -0.4 is 0 Å². The topological polar surface area (TPSA) is 407 Å². The summed E-state index contributed by atoms with van der Waals surface area (Å²) in [5, 5.41) is 171. The average molecular weight is 1140 g/mol. The molecular weight excluding hydrogens is 1050 g/mol. The Balaban J connectivity index is 0.938. The first kappa shape index (κ1) is 62.5. The summed E-state index contributed by atoms with van der Waals surface area (Å²) in [6, 6.07) is 0. The maximum Gasteiger partial charge on any atom is 0.187 e. The molecule has 0 aromatic carbocycles. The van der Waals surface area contributed by atoms with Crippen LogP contribution in [0.2, 0.25) is 0 Å². The molecule has 5 heterocycles. The number of aliphatic hydroxyl groups excluding tert-OH is 16. The SMILES string of the molecule is CC(COC1OC(CO)C(O)C(O)C1O)C1CCC2(CCC3(C)C(CCC4C5(C)CCC(OC6OC(CO)C(O)C(O)C6OC6OC(CO)C(O)C(O)C6O)C(C)(COC6OC(CO)C(O)C(O)C6O)C5CCC43C)C2O)CO1. The molecule has 4 aliphatic carbocycles. The summed E-state index contributed by atoms with van der Waals surface area (Å²) in [5.41, 5.74) is -2.54. The maximum atomic E-state index is 12.7. The molecule has 0 amide bonds. The highest BCUT2D eigenvalue weighted by atomic mass is 16.8. The van der Waals surface area contributed by atoms with Crippen LogP contribution in [0, 0.1) is 50.7 Å². The van der Waals surface area contributed by atoms with Gasteiger partial charge in [0.05, 0.1) is 64.6 Å². The fraction of sp³-hybridized carbons (Fsp3) is 1.00. The van der Waals surface area contributed by atoms with Crippen LogP contribution in [0.5, 0.6) is 0 Å². The lowest BCUT2D eigenvalue weighted by molar-refractivity contribution is -0.382. The van der Waals surface area contributed by atoms with Gasteiger partial charge in [-0.05, 0) is 98.2 Å². The van der Waals surface area contributed by atoms with Gasteiger partial charge in [0.2, 0.25) is 0 Å². The molecule has 16 N–H and O–H groups in total. The molecule has 1 spiro atoms. The van der Waals surface area contributed by atoms with Gasteiger partial charge in [0.15, 0.2) is 25.2 Å². The smallest absolute Gasteiger partial charge is 0.187 e. The molecule has 25 heteroatoms. The van der Waals surface area contributed by atoms with Gasteiger partial charge in [0, 0.05) is 16.7 Å². The van der Waals surface area contributed by atoms with Crippen molar-refractivity contribution in [1.29, 1.82) is 0 Å². The van der Waals surface area contributed by atoms with Crippen LogP contribution in [0.1, 0.15) is 98.8 Å². The number of aliphatic hydroxyl groups is 16. The summed E-state index contributed by atoms with van der Waals surface area (Å²) >= 11 is 0. The first-order valence-corrected chi connectivity index (χ1v) is 28.7. The first-order valence-electron chi connectivity index (χ1n) is 28.7. The van der Waals surface area contributed by atoms with Crippen LogP contribution in [-0.4, -0.2) is 269 Å². The van der Waals surface area contributed by atoms with Gasteiger partial charge in [-0.3, -0.25) is 0 Å². The van der Waals surface area contributed by atoms with Crippen molar-refractivity contribution in [3.05, 3.63) is 0 Å². The zero-order chi connectivity index (χ0) is 57.5. The van der Waals surface area contributed by atoms with E-state index in [0.717, 1.165) is 38.5 Å². The van der Waals surface area contributed by atoms with Crippen molar-refractivity contribution in [2.24, 2.45) is 50.7 Å². The van der Waals surface area contributed by atoms with Crippen molar-refractivity contribution in [3.8, 4) is 0 Å². The zero-order valence-corrected chi connectivity index (χ0v) is 45.9. The maximum absolute atomic E-state index is 12.7. The zero-order valence-electron chi connectivity index (χ0n) is 45.9. The van der Waals surface area contributed by atoms with Crippen LogP contribution in [0.15, 0.2) is 0 Å². The monoisotopic (exact) mass is 1140 g/mol. The molecule has 5 saturated heterocycles. The highest BCUT2D eigenvalue weighted by Gasteiger charge is 2.71. The number of fused-ring (bicyclic) bond motifs is 5. The van der Waals surface area contributed by atoms with E-state index in [4.69, 9.17) is 42.6 Å². The summed E-state index contributed by atoms with van der Waals surface area (Å²) in [6.45, 7) is 8.42. The van der Waals surface area contributed by atoms with Crippen LogP contribution >= 0.6 is 0 Å². The lowest BCUT2D eigenvalue weighted by Crippen LogP contribution is -2.69. The molecular formula is C54H92O25. The lowest BCUT2D eigenvalue weighted by atomic mass is 9.33. The third-order valence-corrected chi connectivity index (χ3v) is 22.0. The van der Waals surface area contributed by atoms with E-state index in [2.05, 4.69) is 20.8 Å². The van der Waals surface area contributed by atoms with Gasteiger partial charge in [-0.15, -0.1) is 0 Å². The van der Waals surface area contributed by atoms with Crippen molar-refractivity contribution in [2.75, 3.05) is 46.2 Å². The molecule has 0 aromatic heterocycles. The van der Waals surface area contributed by atoms with Gasteiger partial charge >= 0.3 is 0 Å². The summed E-state index contributed by atoms with van der Waals surface area (Å²) in [4.78, 5) is 0. The van der Waals surface area contributed by atoms with Crippen LogP contribution in [0.4, 0.5) is 0 Å². The van der Waals surface area contributed by atoms with Crippen LogP contribution in [0.3, 0.4) is 0 Å². The van der Waals surface area contributed by atoms with Crippen molar-refractivity contribution in [1.82, 2.24) is 0 Å². The second kappa shape index (κ2) is 24.0. The largest absolute Gasteiger partial charge is 0.394 e. The number of rotatable bonds is 15. The normalized spacial score (nSPS) is 55.6. The summed E-state index contributed by atoms with van der Waals surface area (Å²) < 4.78 is 55.1. The number of hydrogen-bond donors (Lipinski definition) is 16. The molecule has 0 aromatic rings. The Bertz CT molecular complexity index is 2000. The third-order valence-electron chi connectivity index (χ3n) is 22.0. The number of ether oxygens (including phenoxy) is 9. The molecule has 5 aliphatic heterocycles. The van der Waals surface area contributed by atoms with Crippen molar-refractivity contribution in [3.63, 3.8) is 0 Å². The summed E-state index contributed by atoms with van der Waals surface area (Å²) in [5.74, 6) is -0.322. The van der Waals surface area contributed by atoms with E-state index in [0.29, 0.717) is 32.3 Å². The fourth-order valence-electron chi connectivity index (χ4n) is 16.8. The van der Waals surface area contributed by atoms with Gasteiger partial charge < -0.3 is 124 Å². The van der Waals surface area contributed by atoms with E-state index in [-0.39, 0.29) is 53.8 Å². The van der Waals surface area contributed by atoms with E-state index >= 15 is 0 Å². The van der Waals surface area contributed by atoms with Crippen LogP contribution in [-0.2, 0) is 42.6 Å². The van der Waals surface area contributed by atoms with E-state index < -0.39 is 178 Å². The van der Waals surface area contributed by atoms with E-state index in [1.54, 1.807) is 0 Å². The Kier molecular flexibility index (Phi) is 19.0. The van der Waals surface area contributed by atoms with Crippen LogP contribution in [0.25, 0.3) is 0 Å². The average Bonchev–Trinajstić information content (AvgIpc) is 3.58. The Hall–Kier alpha value is -1.00. The minimum Gasteiger partial charge on any atom is -0.394 e. The Morgan fingerprint density at radius 1 is 0.468 bits per heavy atom. The second-order valence-electron chi connectivity index (χ2n) is 26.1. The summed E-state index contributed by atoms with van der Waals surface area (Å²) in [6.07, 6.45) is -26.5. The van der Waals surface area contributed by atoms with Crippen molar-refractivity contribution in [2.45, 2.75) is 240 Å². The second-order valence-corrected chi connectivity index (χ2v) is 26.1. The predicted octanol–water partition coefficient (Wildman–Crippen LogP) is -4.16. The molecule has 458 valence electrons. The van der Waals surface area contributed by atoms with Crippen molar-refractivity contribution < 1.29 is 124 Å². The first-order chi connectivity index (χ1) is 37.3. The lowest BCUT2D eigenvalue weighted by Gasteiger charge is -2.73. The van der Waals surface area contributed by atoms with E-state index in [1.807, 2.05) is 13.8 Å². The van der Waals surface area contributed by atoms with Gasteiger partial charge in [0.1, 0.15) is 97.7 Å². The molecule has 9 fully saturated rings. The van der Waals surface area contributed by atoms with Gasteiger partial charge in [-0.2, -0.15) is 0 Å². The Labute approximate surface area is 460 Å². The minimum atomic E-state index is -1.89. The van der Waals surface area contributed by atoms with E-state index in [9.17, 15) is 81.7 Å². The highest BCUT2D eigenvalue weighted by Crippen LogP contribution is 2.75. The predicted molar refractivity (Wildman–Crippen MR) is 267 cm³/mol. The molecule has 0 bridgehead atoms. The Morgan fingerprint density at radius 3 is 1.53 bits per heavy atom. The molecule has 0 radical (unpaired) electrons. The van der Waals surface area contributed by atoms with Gasteiger partial charge in [-0.25, -0.2) is 0 Å². The summed E-state index contributed by atoms with van der Waals surface area (Å²) in [7, 11) is 0. The van der Waals surface area contributed by atoms with E-state index in [1.165, 1.54) is 0 Å².